The highest BCUT2D eigenvalue weighted by Crippen LogP contribution is 2.10. The SMILES string of the molecule is CCC(C)C(=O)NC(C)(C)CS(=O)(=O)OC. The van der Waals surface area contributed by atoms with E-state index in [1.54, 1.807) is 20.8 Å². The monoisotopic (exact) mass is 251 g/mol. The zero-order valence-corrected chi connectivity index (χ0v) is 11.3. The Morgan fingerprint density at radius 3 is 2.31 bits per heavy atom. The maximum absolute atomic E-state index is 11.6. The van der Waals surface area contributed by atoms with Gasteiger partial charge in [-0.1, -0.05) is 13.8 Å². The van der Waals surface area contributed by atoms with Crippen LogP contribution < -0.4 is 5.32 Å². The first-order valence-electron chi connectivity index (χ1n) is 5.24. The van der Waals surface area contributed by atoms with Gasteiger partial charge in [0.05, 0.1) is 18.4 Å². The van der Waals surface area contributed by atoms with Crippen LogP contribution in [0.4, 0.5) is 0 Å². The van der Waals surface area contributed by atoms with Crippen molar-refractivity contribution in [1.82, 2.24) is 5.32 Å². The fourth-order valence-electron chi connectivity index (χ4n) is 1.18. The van der Waals surface area contributed by atoms with Crippen molar-refractivity contribution in [1.29, 1.82) is 0 Å². The second kappa shape index (κ2) is 5.63. The molecule has 0 aromatic carbocycles. The number of rotatable bonds is 6. The molecule has 0 aliphatic rings. The van der Waals surface area contributed by atoms with Crippen LogP contribution >= 0.6 is 0 Å². The van der Waals surface area contributed by atoms with Crippen molar-refractivity contribution in [3.8, 4) is 0 Å². The van der Waals surface area contributed by atoms with Crippen LogP contribution in [0.15, 0.2) is 0 Å². The molecule has 0 bridgehead atoms. The number of amides is 1. The third-order valence-corrected chi connectivity index (χ3v) is 3.90. The standard InChI is InChI=1S/C10H21NO4S/c1-6-8(2)9(12)11-10(3,4)7-16(13,14)15-5/h8H,6-7H2,1-5H3,(H,11,12). The molecule has 0 saturated heterocycles. The van der Waals surface area contributed by atoms with Gasteiger partial charge in [-0.05, 0) is 20.3 Å². The summed E-state index contributed by atoms with van der Waals surface area (Å²) in [5, 5.41) is 2.70. The van der Waals surface area contributed by atoms with Crippen LogP contribution in [0.5, 0.6) is 0 Å². The fraction of sp³-hybridized carbons (Fsp3) is 0.900. The molecule has 0 heterocycles. The van der Waals surface area contributed by atoms with Gasteiger partial charge in [-0.25, -0.2) is 0 Å². The van der Waals surface area contributed by atoms with Crippen molar-refractivity contribution < 1.29 is 17.4 Å². The number of nitrogens with one attached hydrogen (secondary N) is 1. The Morgan fingerprint density at radius 2 is 1.94 bits per heavy atom. The van der Waals surface area contributed by atoms with Crippen LogP contribution in [0.25, 0.3) is 0 Å². The van der Waals surface area contributed by atoms with E-state index in [0.29, 0.717) is 0 Å². The maximum Gasteiger partial charge on any atom is 0.269 e. The summed E-state index contributed by atoms with van der Waals surface area (Å²) in [6, 6.07) is 0. The molecule has 1 atom stereocenters. The summed E-state index contributed by atoms with van der Waals surface area (Å²) in [6.07, 6.45) is 0.721. The molecule has 0 spiro atoms. The average molecular weight is 251 g/mol. The number of carbonyl (C=O) groups is 1. The molecule has 0 rings (SSSR count). The molecule has 16 heavy (non-hydrogen) atoms. The molecular formula is C10H21NO4S. The van der Waals surface area contributed by atoms with Crippen molar-refractivity contribution in [3.63, 3.8) is 0 Å². The first-order valence-corrected chi connectivity index (χ1v) is 6.81. The van der Waals surface area contributed by atoms with Gasteiger partial charge in [0.1, 0.15) is 0 Å². The van der Waals surface area contributed by atoms with Gasteiger partial charge in [0.15, 0.2) is 0 Å². The highest BCUT2D eigenvalue weighted by Gasteiger charge is 2.28. The first-order chi connectivity index (χ1) is 7.13. The predicted molar refractivity (Wildman–Crippen MR) is 62.5 cm³/mol. The number of carbonyl (C=O) groups excluding carboxylic acids is 1. The summed E-state index contributed by atoms with van der Waals surface area (Å²) in [6.45, 7) is 7.02. The lowest BCUT2D eigenvalue weighted by atomic mass is 10.0. The summed E-state index contributed by atoms with van der Waals surface area (Å²) in [7, 11) is -2.46. The van der Waals surface area contributed by atoms with E-state index in [4.69, 9.17) is 0 Å². The van der Waals surface area contributed by atoms with Crippen LogP contribution in [0.2, 0.25) is 0 Å². The maximum atomic E-state index is 11.6. The molecule has 0 saturated carbocycles. The van der Waals surface area contributed by atoms with Crippen LogP contribution in [0, 0.1) is 5.92 Å². The zero-order valence-electron chi connectivity index (χ0n) is 10.5. The van der Waals surface area contributed by atoms with Crippen LogP contribution in [-0.2, 0) is 19.1 Å². The minimum absolute atomic E-state index is 0.121. The van der Waals surface area contributed by atoms with Crippen molar-refractivity contribution in [2.24, 2.45) is 5.92 Å². The molecule has 0 radical (unpaired) electrons. The summed E-state index contributed by atoms with van der Waals surface area (Å²) in [5.74, 6) is -0.498. The second-order valence-electron chi connectivity index (χ2n) is 4.55. The number of hydrogen-bond donors (Lipinski definition) is 1. The molecule has 96 valence electrons. The van der Waals surface area contributed by atoms with Gasteiger partial charge in [0.2, 0.25) is 5.91 Å². The molecule has 0 aromatic heterocycles. The highest BCUT2D eigenvalue weighted by atomic mass is 32.2. The van der Waals surface area contributed by atoms with Crippen molar-refractivity contribution >= 4 is 16.0 Å². The lowest BCUT2D eigenvalue weighted by Gasteiger charge is -2.26. The third-order valence-electron chi connectivity index (χ3n) is 2.31. The van der Waals surface area contributed by atoms with E-state index in [1.807, 2.05) is 6.92 Å². The molecule has 1 unspecified atom stereocenters. The zero-order chi connectivity index (χ0) is 13.0. The molecule has 1 amide bonds. The Bertz CT molecular complexity index is 335. The smallest absolute Gasteiger partial charge is 0.269 e. The quantitative estimate of drug-likeness (QED) is 0.712. The first kappa shape index (κ1) is 15.4. The Hall–Kier alpha value is -0.620. The second-order valence-corrected chi connectivity index (χ2v) is 6.29. The van der Waals surface area contributed by atoms with Crippen molar-refractivity contribution in [2.75, 3.05) is 12.9 Å². The summed E-state index contributed by atoms with van der Waals surface area (Å²) < 4.78 is 26.9. The van der Waals surface area contributed by atoms with Gasteiger partial charge >= 0.3 is 0 Å². The van der Waals surface area contributed by atoms with Crippen LogP contribution in [-0.4, -0.2) is 32.7 Å². The predicted octanol–water partition coefficient (Wildman–Crippen LogP) is 0.904. The van der Waals surface area contributed by atoms with Gasteiger partial charge in [-0.2, -0.15) is 8.42 Å². The van der Waals surface area contributed by atoms with E-state index in [-0.39, 0.29) is 17.6 Å². The van der Waals surface area contributed by atoms with Crippen molar-refractivity contribution in [2.45, 2.75) is 39.7 Å². The molecule has 0 aromatic rings. The summed E-state index contributed by atoms with van der Waals surface area (Å²) in [5.41, 5.74) is -0.824. The van der Waals surface area contributed by atoms with Gasteiger partial charge in [0.25, 0.3) is 10.1 Å². The van der Waals surface area contributed by atoms with E-state index in [0.717, 1.165) is 13.5 Å². The highest BCUT2D eigenvalue weighted by molar-refractivity contribution is 7.86. The third kappa shape index (κ3) is 5.46. The molecule has 0 aliphatic heterocycles. The molecule has 0 aliphatic carbocycles. The van der Waals surface area contributed by atoms with Crippen molar-refractivity contribution in [3.05, 3.63) is 0 Å². The van der Waals surface area contributed by atoms with Gasteiger partial charge in [-0.3, -0.25) is 8.98 Å². The van der Waals surface area contributed by atoms with E-state index in [1.165, 1.54) is 0 Å². The molecule has 1 N–H and O–H groups in total. The largest absolute Gasteiger partial charge is 0.350 e. The molecular weight excluding hydrogens is 230 g/mol. The minimum Gasteiger partial charge on any atom is -0.350 e. The average Bonchev–Trinajstić information content (AvgIpc) is 2.14. The van der Waals surface area contributed by atoms with Crippen LogP contribution in [0.1, 0.15) is 34.1 Å². The Balaban J connectivity index is 4.53. The lowest BCUT2D eigenvalue weighted by molar-refractivity contribution is -0.125. The van der Waals surface area contributed by atoms with Gasteiger partial charge in [0, 0.05) is 5.92 Å². The van der Waals surface area contributed by atoms with E-state index in [9.17, 15) is 13.2 Å². The molecule has 6 heteroatoms. The van der Waals surface area contributed by atoms with E-state index < -0.39 is 15.7 Å². The lowest BCUT2D eigenvalue weighted by Crippen LogP contribution is -2.50. The summed E-state index contributed by atoms with van der Waals surface area (Å²) in [4.78, 5) is 11.6. The number of hydrogen-bond acceptors (Lipinski definition) is 4. The Labute approximate surface area is 97.7 Å². The van der Waals surface area contributed by atoms with Crippen LogP contribution in [0.3, 0.4) is 0 Å². The topological polar surface area (TPSA) is 72.5 Å². The van der Waals surface area contributed by atoms with Gasteiger partial charge in [-0.15, -0.1) is 0 Å². The Kier molecular flexibility index (Phi) is 5.41. The fourth-order valence-corrected chi connectivity index (χ4v) is 2.25. The van der Waals surface area contributed by atoms with E-state index in [2.05, 4.69) is 9.50 Å². The molecule has 0 fully saturated rings. The van der Waals surface area contributed by atoms with Gasteiger partial charge < -0.3 is 5.32 Å². The summed E-state index contributed by atoms with van der Waals surface area (Å²) >= 11 is 0. The normalized spacial score (nSPS) is 14.6. The Morgan fingerprint density at radius 1 is 1.44 bits per heavy atom. The van der Waals surface area contributed by atoms with E-state index >= 15 is 0 Å². The molecule has 5 nitrogen and oxygen atoms in total. The minimum atomic E-state index is -3.57.